The molecule has 0 unspecified atom stereocenters. The van der Waals surface area contributed by atoms with Crippen LogP contribution in [-0.4, -0.2) is 63.7 Å². The van der Waals surface area contributed by atoms with Crippen molar-refractivity contribution in [2.24, 2.45) is 0 Å². The molecule has 0 spiro atoms. The SMILES string of the molecule is CS(=O)(=O)N1CCC(Nc2ncc3cc(C(F)F)c(=O)n(CC(=O)O)c3n2)CC1. The Balaban J connectivity index is 1.90. The maximum absolute atomic E-state index is 13.1. The number of alkyl halides is 2. The Morgan fingerprint density at radius 1 is 1.38 bits per heavy atom. The number of aliphatic carboxylic acids is 1. The molecule has 0 aliphatic carbocycles. The second-order valence-electron chi connectivity index (χ2n) is 6.74. The monoisotopic (exact) mass is 431 g/mol. The van der Waals surface area contributed by atoms with Gasteiger partial charge in [-0.05, 0) is 18.9 Å². The minimum atomic E-state index is -3.26. The largest absolute Gasteiger partial charge is 0.480 e. The summed E-state index contributed by atoms with van der Waals surface area (Å²) in [6.45, 7) is -0.170. The van der Waals surface area contributed by atoms with Crippen LogP contribution in [0.2, 0.25) is 0 Å². The summed E-state index contributed by atoms with van der Waals surface area (Å²) >= 11 is 0. The summed E-state index contributed by atoms with van der Waals surface area (Å²) in [7, 11) is -3.26. The number of anilines is 1. The van der Waals surface area contributed by atoms with Gasteiger partial charge in [-0.2, -0.15) is 4.98 Å². The zero-order chi connectivity index (χ0) is 21.3. The van der Waals surface area contributed by atoms with Crippen LogP contribution in [0, 0.1) is 0 Å². The molecule has 3 heterocycles. The lowest BCUT2D eigenvalue weighted by Gasteiger charge is -2.30. The number of fused-ring (bicyclic) bond motifs is 1. The molecule has 0 bridgehead atoms. The summed E-state index contributed by atoms with van der Waals surface area (Å²) in [6.07, 6.45) is 0.314. The number of aromatic nitrogens is 3. The maximum Gasteiger partial charge on any atom is 0.323 e. The van der Waals surface area contributed by atoms with Crippen molar-refractivity contribution in [2.75, 3.05) is 24.7 Å². The number of hydrogen-bond acceptors (Lipinski definition) is 7. The highest BCUT2D eigenvalue weighted by atomic mass is 32.2. The molecular formula is C16H19F2N5O5S. The number of carbonyl (C=O) groups is 1. The second-order valence-corrected chi connectivity index (χ2v) is 8.72. The number of pyridine rings is 1. The van der Waals surface area contributed by atoms with Crippen molar-refractivity contribution in [1.29, 1.82) is 0 Å². The van der Waals surface area contributed by atoms with Gasteiger partial charge in [0.15, 0.2) is 0 Å². The van der Waals surface area contributed by atoms with Crippen LogP contribution in [0.1, 0.15) is 24.8 Å². The van der Waals surface area contributed by atoms with Gasteiger partial charge >= 0.3 is 5.97 Å². The first-order chi connectivity index (χ1) is 13.6. The molecule has 0 amide bonds. The first-order valence-electron chi connectivity index (χ1n) is 8.68. The predicted octanol–water partition coefficient (Wildman–Crippen LogP) is 0.650. The standard InChI is InChI=1S/C16H19F2N5O5S/c1-29(27,28)22-4-2-10(3-5-22)20-16-19-7-9-6-11(13(17)18)15(26)23(8-12(24)25)14(9)21-16/h6-7,10,13H,2-5,8H2,1H3,(H,24,25)(H,19,20,21). The van der Waals surface area contributed by atoms with E-state index >= 15 is 0 Å². The lowest BCUT2D eigenvalue weighted by atomic mass is 10.1. The number of halogens is 2. The number of hydrogen-bond donors (Lipinski definition) is 2. The van der Waals surface area contributed by atoms with Crippen LogP contribution >= 0.6 is 0 Å². The Labute approximate surface area is 164 Å². The van der Waals surface area contributed by atoms with Gasteiger partial charge in [0.2, 0.25) is 16.0 Å². The first-order valence-corrected chi connectivity index (χ1v) is 10.5. The topological polar surface area (TPSA) is 134 Å². The van der Waals surface area contributed by atoms with Crippen LogP contribution < -0.4 is 10.9 Å². The molecule has 0 saturated carbocycles. The molecule has 13 heteroatoms. The van der Waals surface area contributed by atoms with Gasteiger partial charge in [-0.25, -0.2) is 26.5 Å². The van der Waals surface area contributed by atoms with E-state index in [1.54, 1.807) is 0 Å². The van der Waals surface area contributed by atoms with E-state index in [-0.39, 0.29) is 23.0 Å². The lowest BCUT2D eigenvalue weighted by Crippen LogP contribution is -2.42. The van der Waals surface area contributed by atoms with Crippen molar-refractivity contribution >= 4 is 33.0 Å². The molecule has 1 aliphatic rings. The van der Waals surface area contributed by atoms with E-state index in [2.05, 4.69) is 15.3 Å². The lowest BCUT2D eigenvalue weighted by molar-refractivity contribution is -0.137. The molecule has 1 saturated heterocycles. The predicted molar refractivity (Wildman–Crippen MR) is 99.5 cm³/mol. The first kappa shape index (κ1) is 21.0. The highest BCUT2D eigenvalue weighted by molar-refractivity contribution is 7.88. The summed E-state index contributed by atoms with van der Waals surface area (Å²) in [4.78, 5) is 31.6. The van der Waals surface area contributed by atoms with E-state index in [4.69, 9.17) is 5.11 Å². The molecule has 2 aromatic heterocycles. The third-order valence-electron chi connectivity index (χ3n) is 4.64. The minimum absolute atomic E-state index is 0.0760. The third kappa shape index (κ3) is 4.67. The average molecular weight is 431 g/mol. The fraction of sp³-hybridized carbons (Fsp3) is 0.500. The van der Waals surface area contributed by atoms with Crippen molar-refractivity contribution in [3.63, 3.8) is 0 Å². The van der Waals surface area contributed by atoms with Gasteiger partial charge in [0.25, 0.3) is 12.0 Å². The Morgan fingerprint density at radius 2 is 2.03 bits per heavy atom. The van der Waals surface area contributed by atoms with Crippen molar-refractivity contribution in [2.45, 2.75) is 31.9 Å². The molecule has 2 N–H and O–H groups in total. The van der Waals surface area contributed by atoms with Crippen molar-refractivity contribution < 1.29 is 27.1 Å². The van der Waals surface area contributed by atoms with E-state index < -0.39 is 40.1 Å². The van der Waals surface area contributed by atoms with Gasteiger partial charge in [0.1, 0.15) is 12.2 Å². The van der Waals surface area contributed by atoms with Gasteiger partial charge in [-0.1, -0.05) is 0 Å². The third-order valence-corrected chi connectivity index (χ3v) is 5.94. The molecule has 3 rings (SSSR count). The van der Waals surface area contributed by atoms with Crippen molar-refractivity contribution in [1.82, 2.24) is 18.8 Å². The Morgan fingerprint density at radius 3 is 2.59 bits per heavy atom. The Kier molecular flexibility index (Phi) is 5.80. The van der Waals surface area contributed by atoms with Crippen LogP contribution in [0.3, 0.4) is 0 Å². The molecule has 1 aliphatic heterocycles. The van der Waals surface area contributed by atoms with Gasteiger partial charge in [0.05, 0.1) is 11.8 Å². The zero-order valence-corrected chi connectivity index (χ0v) is 16.2. The number of carboxylic acids is 1. The number of carboxylic acid groups (broad SMARTS) is 1. The summed E-state index contributed by atoms with van der Waals surface area (Å²) in [5.41, 5.74) is -2.02. The molecule has 0 radical (unpaired) electrons. The Hall–Kier alpha value is -2.67. The van der Waals surface area contributed by atoms with Crippen LogP contribution in [0.25, 0.3) is 11.0 Å². The highest BCUT2D eigenvalue weighted by Crippen LogP contribution is 2.21. The Bertz CT molecular complexity index is 1100. The van der Waals surface area contributed by atoms with Crippen LogP contribution in [-0.2, 0) is 21.4 Å². The molecule has 0 aromatic carbocycles. The number of nitrogens with zero attached hydrogens (tertiary/aromatic N) is 4. The molecule has 10 nitrogen and oxygen atoms in total. The molecule has 2 aromatic rings. The summed E-state index contributed by atoms with van der Waals surface area (Å²) < 4.78 is 51.4. The van der Waals surface area contributed by atoms with Gasteiger partial charge in [-0.15, -0.1) is 0 Å². The summed E-state index contributed by atoms with van der Waals surface area (Å²) in [5.74, 6) is -1.28. The van der Waals surface area contributed by atoms with Crippen LogP contribution in [0.4, 0.5) is 14.7 Å². The van der Waals surface area contributed by atoms with Crippen LogP contribution in [0.5, 0.6) is 0 Å². The molecule has 0 atom stereocenters. The average Bonchev–Trinajstić information content (AvgIpc) is 2.63. The fourth-order valence-corrected chi connectivity index (χ4v) is 4.08. The van der Waals surface area contributed by atoms with E-state index in [1.165, 1.54) is 10.5 Å². The smallest absolute Gasteiger partial charge is 0.323 e. The van der Waals surface area contributed by atoms with Gasteiger partial charge < -0.3 is 10.4 Å². The number of piperidine rings is 1. The summed E-state index contributed by atoms with van der Waals surface area (Å²) in [6, 6.07) is 0.820. The minimum Gasteiger partial charge on any atom is -0.480 e. The molecular weight excluding hydrogens is 412 g/mol. The fourth-order valence-electron chi connectivity index (χ4n) is 3.20. The number of rotatable bonds is 6. The van der Waals surface area contributed by atoms with Crippen molar-refractivity contribution in [3.8, 4) is 0 Å². The van der Waals surface area contributed by atoms with Crippen molar-refractivity contribution in [3.05, 3.63) is 28.2 Å². The molecule has 29 heavy (non-hydrogen) atoms. The van der Waals surface area contributed by atoms with E-state index in [0.717, 1.165) is 12.3 Å². The van der Waals surface area contributed by atoms with Gasteiger partial charge in [0, 0.05) is 30.7 Å². The quantitative estimate of drug-likeness (QED) is 0.681. The maximum atomic E-state index is 13.1. The molecule has 1 fully saturated rings. The second kappa shape index (κ2) is 7.99. The number of sulfonamides is 1. The van der Waals surface area contributed by atoms with Gasteiger partial charge in [-0.3, -0.25) is 14.2 Å². The van der Waals surface area contributed by atoms with E-state index in [1.807, 2.05) is 0 Å². The molecule has 158 valence electrons. The van der Waals surface area contributed by atoms with Crippen LogP contribution in [0.15, 0.2) is 17.1 Å². The van der Waals surface area contributed by atoms with E-state index in [0.29, 0.717) is 30.5 Å². The normalized spacial score (nSPS) is 16.4. The summed E-state index contributed by atoms with van der Waals surface area (Å²) in [5, 5.41) is 12.2. The highest BCUT2D eigenvalue weighted by Gasteiger charge is 2.25. The number of nitrogens with one attached hydrogen (secondary N) is 1. The van der Waals surface area contributed by atoms with E-state index in [9.17, 15) is 26.8 Å². The zero-order valence-electron chi connectivity index (χ0n) is 15.4.